The predicted octanol–water partition coefficient (Wildman–Crippen LogP) is 4.85. The number of rotatable bonds is 4. The van der Waals surface area contributed by atoms with Gasteiger partial charge in [0.1, 0.15) is 12.4 Å². The molecule has 2 heteroatoms. The van der Waals surface area contributed by atoms with Crippen molar-refractivity contribution >= 4 is 22.0 Å². The number of benzene rings is 2. The molecule has 18 heavy (non-hydrogen) atoms. The van der Waals surface area contributed by atoms with E-state index in [1.54, 1.807) is 0 Å². The lowest BCUT2D eigenvalue weighted by Crippen LogP contribution is -1.92. The van der Waals surface area contributed by atoms with Gasteiger partial charge in [0.05, 0.1) is 0 Å². The van der Waals surface area contributed by atoms with Crippen LogP contribution in [0.5, 0.6) is 5.75 Å². The summed E-state index contributed by atoms with van der Waals surface area (Å²) in [5, 5.41) is 0. The smallest absolute Gasteiger partial charge is 0.119 e. The lowest BCUT2D eigenvalue weighted by Gasteiger charge is -2.02. The van der Waals surface area contributed by atoms with Gasteiger partial charge < -0.3 is 4.74 Å². The van der Waals surface area contributed by atoms with Crippen LogP contribution in [0.1, 0.15) is 11.1 Å². The molecule has 0 radical (unpaired) electrons. The Balaban J connectivity index is 1.87. The highest BCUT2D eigenvalue weighted by Crippen LogP contribution is 2.16. The molecule has 0 atom stereocenters. The Morgan fingerprint density at radius 3 is 2.61 bits per heavy atom. The summed E-state index contributed by atoms with van der Waals surface area (Å²) in [6.07, 6.45) is 4.10. The van der Waals surface area contributed by atoms with Crippen molar-refractivity contribution in [1.29, 1.82) is 0 Å². The van der Waals surface area contributed by atoms with Crippen LogP contribution in [0.2, 0.25) is 0 Å². The van der Waals surface area contributed by atoms with Crippen LogP contribution in [0.15, 0.2) is 59.1 Å². The van der Waals surface area contributed by atoms with Crippen molar-refractivity contribution in [2.24, 2.45) is 0 Å². The van der Waals surface area contributed by atoms with E-state index in [0.29, 0.717) is 6.61 Å². The van der Waals surface area contributed by atoms with E-state index in [0.717, 1.165) is 10.2 Å². The van der Waals surface area contributed by atoms with Gasteiger partial charge in [0.25, 0.3) is 0 Å². The number of ether oxygens (including phenoxy) is 1. The van der Waals surface area contributed by atoms with Crippen molar-refractivity contribution in [3.63, 3.8) is 0 Å². The van der Waals surface area contributed by atoms with Crippen molar-refractivity contribution in [3.05, 3.63) is 70.2 Å². The first kappa shape index (κ1) is 12.9. The van der Waals surface area contributed by atoms with Gasteiger partial charge in [-0.15, -0.1) is 0 Å². The predicted molar refractivity (Wildman–Crippen MR) is 79.9 cm³/mol. The molecule has 2 rings (SSSR count). The largest absolute Gasteiger partial charge is 0.490 e. The zero-order valence-electron chi connectivity index (χ0n) is 10.3. The van der Waals surface area contributed by atoms with Gasteiger partial charge in [0.15, 0.2) is 0 Å². The van der Waals surface area contributed by atoms with Gasteiger partial charge in [-0.2, -0.15) is 0 Å². The first-order valence-corrected chi connectivity index (χ1v) is 6.65. The molecule has 2 aromatic carbocycles. The lowest BCUT2D eigenvalue weighted by molar-refractivity contribution is 0.363. The number of hydrogen-bond donors (Lipinski definition) is 0. The molecule has 0 spiro atoms. The van der Waals surface area contributed by atoms with E-state index in [-0.39, 0.29) is 0 Å². The van der Waals surface area contributed by atoms with Crippen LogP contribution in [0.3, 0.4) is 0 Å². The van der Waals surface area contributed by atoms with E-state index >= 15 is 0 Å². The van der Waals surface area contributed by atoms with E-state index < -0.39 is 0 Å². The summed E-state index contributed by atoms with van der Waals surface area (Å²) in [6, 6.07) is 16.2. The van der Waals surface area contributed by atoms with E-state index in [1.165, 1.54) is 11.1 Å². The lowest BCUT2D eigenvalue weighted by atomic mass is 10.1. The first-order valence-electron chi connectivity index (χ1n) is 5.85. The minimum atomic E-state index is 0.579. The summed E-state index contributed by atoms with van der Waals surface area (Å²) in [5.41, 5.74) is 2.47. The fourth-order valence-electron chi connectivity index (χ4n) is 1.63. The van der Waals surface area contributed by atoms with Gasteiger partial charge in [-0.1, -0.05) is 51.8 Å². The van der Waals surface area contributed by atoms with Gasteiger partial charge in [-0.05, 0) is 42.8 Å². The molecule has 0 fully saturated rings. The van der Waals surface area contributed by atoms with Crippen LogP contribution in [0.25, 0.3) is 6.08 Å². The average Bonchev–Trinajstić information content (AvgIpc) is 2.37. The Hall–Kier alpha value is -1.54. The summed E-state index contributed by atoms with van der Waals surface area (Å²) in [7, 11) is 0. The first-order chi connectivity index (χ1) is 8.74. The van der Waals surface area contributed by atoms with E-state index in [2.05, 4.69) is 53.2 Å². The fraction of sp³-hybridized carbons (Fsp3) is 0.125. The zero-order valence-corrected chi connectivity index (χ0v) is 11.9. The zero-order chi connectivity index (χ0) is 12.8. The maximum absolute atomic E-state index is 5.61. The molecule has 0 aliphatic heterocycles. The van der Waals surface area contributed by atoms with Gasteiger partial charge in [0.2, 0.25) is 0 Å². The Labute approximate surface area is 116 Å². The highest BCUT2D eigenvalue weighted by Gasteiger charge is 1.91. The van der Waals surface area contributed by atoms with Gasteiger partial charge in [0, 0.05) is 4.47 Å². The molecule has 0 amide bonds. The molecular weight excluding hydrogens is 288 g/mol. The Morgan fingerprint density at radius 1 is 1.11 bits per heavy atom. The minimum Gasteiger partial charge on any atom is -0.490 e. The van der Waals surface area contributed by atoms with E-state index in [9.17, 15) is 0 Å². The maximum Gasteiger partial charge on any atom is 0.119 e. The highest BCUT2D eigenvalue weighted by atomic mass is 79.9. The van der Waals surface area contributed by atoms with Crippen LogP contribution in [-0.4, -0.2) is 6.61 Å². The Bertz CT molecular complexity index is 529. The summed E-state index contributed by atoms with van der Waals surface area (Å²) in [5.74, 6) is 0.882. The molecule has 2 aromatic rings. The fourth-order valence-corrected chi connectivity index (χ4v) is 1.90. The monoisotopic (exact) mass is 302 g/mol. The number of halogens is 1. The summed E-state index contributed by atoms with van der Waals surface area (Å²) >= 11 is 3.40. The SMILES string of the molecule is Cc1cccc(/C=C/COc2ccc(Br)cc2)c1. The van der Waals surface area contributed by atoms with Crippen molar-refractivity contribution in [1.82, 2.24) is 0 Å². The third kappa shape index (κ3) is 4.04. The second-order valence-electron chi connectivity index (χ2n) is 4.08. The molecule has 0 heterocycles. The van der Waals surface area contributed by atoms with E-state index in [1.807, 2.05) is 30.3 Å². The molecule has 0 aromatic heterocycles. The standard InChI is InChI=1S/C16H15BrO/c1-13-4-2-5-14(12-13)6-3-11-18-16-9-7-15(17)8-10-16/h2-10,12H,11H2,1H3/b6-3+. The van der Waals surface area contributed by atoms with Crippen molar-refractivity contribution in [3.8, 4) is 5.75 Å². The van der Waals surface area contributed by atoms with Crippen LogP contribution in [-0.2, 0) is 0 Å². The third-order valence-electron chi connectivity index (χ3n) is 2.51. The molecule has 0 saturated carbocycles. The quantitative estimate of drug-likeness (QED) is 0.784. The number of hydrogen-bond acceptors (Lipinski definition) is 1. The van der Waals surface area contributed by atoms with Crippen molar-refractivity contribution in [2.45, 2.75) is 6.92 Å². The Kier molecular flexibility index (Phi) is 4.59. The van der Waals surface area contributed by atoms with Gasteiger partial charge in [-0.25, -0.2) is 0 Å². The molecule has 92 valence electrons. The van der Waals surface area contributed by atoms with Crippen LogP contribution >= 0.6 is 15.9 Å². The molecular formula is C16H15BrO. The molecule has 0 N–H and O–H groups in total. The van der Waals surface area contributed by atoms with Crippen molar-refractivity contribution in [2.75, 3.05) is 6.61 Å². The summed E-state index contributed by atoms with van der Waals surface area (Å²) in [6.45, 7) is 2.67. The third-order valence-corrected chi connectivity index (χ3v) is 3.04. The van der Waals surface area contributed by atoms with Crippen LogP contribution in [0, 0.1) is 6.92 Å². The second kappa shape index (κ2) is 6.41. The highest BCUT2D eigenvalue weighted by molar-refractivity contribution is 9.10. The molecule has 0 saturated heterocycles. The molecule has 1 nitrogen and oxygen atoms in total. The van der Waals surface area contributed by atoms with Crippen LogP contribution in [0.4, 0.5) is 0 Å². The van der Waals surface area contributed by atoms with Crippen molar-refractivity contribution < 1.29 is 4.74 Å². The molecule has 0 aliphatic carbocycles. The average molecular weight is 303 g/mol. The minimum absolute atomic E-state index is 0.579. The van der Waals surface area contributed by atoms with Gasteiger partial charge in [-0.3, -0.25) is 0 Å². The summed E-state index contributed by atoms with van der Waals surface area (Å²) in [4.78, 5) is 0. The molecule has 0 aliphatic rings. The normalized spacial score (nSPS) is 10.8. The van der Waals surface area contributed by atoms with Gasteiger partial charge >= 0.3 is 0 Å². The maximum atomic E-state index is 5.61. The number of aryl methyl sites for hydroxylation is 1. The Morgan fingerprint density at radius 2 is 1.89 bits per heavy atom. The molecule has 0 bridgehead atoms. The van der Waals surface area contributed by atoms with Crippen LogP contribution < -0.4 is 4.74 Å². The van der Waals surface area contributed by atoms with E-state index in [4.69, 9.17) is 4.74 Å². The molecule has 0 unspecified atom stereocenters. The topological polar surface area (TPSA) is 9.23 Å². The summed E-state index contributed by atoms with van der Waals surface area (Å²) < 4.78 is 6.67. The second-order valence-corrected chi connectivity index (χ2v) is 5.00.